The Balaban J connectivity index is 1.67. The summed E-state index contributed by atoms with van der Waals surface area (Å²) in [5, 5.41) is 11.7. The lowest BCUT2D eigenvalue weighted by Crippen LogP contribution is -2.57. The molecule has 1 fully saturated rings. The van der Waals surface area contributed by atoms with Gasteiger partial charge in [0.2, 0.25) is 23.6 Å². The Morgan fingerprint density at radius 3 is 2.10 bits per heavy atom. The van der Waals surface area contributed by atoms with Gasteiger partial charge in [0.15, 0.2) is 11.5 Å². The van der Waals surface area contributed by atoms with E-state index in [0.29, 0.717) is 49.2 Å². The molecule has 2 aromatic rings. The molecule has 2 aromatic carbocycles. The minimum atomic E-state index is -1.01. The normalized spacial score (nSPS) is 22.7. The Morgan fingerprint density at radius 2 is 1.48 bits per heavy atom. The highest BCUT2D eigenvalue weighted by Crippen LogP contribution is 2.37. The van der Waals surface area contributed by atoms with E-state index in [9.17, 15) is 19.2 Å². The van der Waals surface area contributed by atoms with Crippen LogP contribution in [0.25, 0.3) is 0 Å². The van der Waals surface area contributed by atoms with Gasteiger partial charge in [-0.05, 0) is 48.9 Å². The van der Waals surface area contributed by atoms with Gasteiger partial charge in [-0.15, -0.1) is 0 Å². The molecule has 50 heavy (non-hydrogen) atoms. The zero-order chi connectivity index (χ0) is 36.4. The van der Waals surface area contributed by atoms with Crippen LogP contribution in [0, 0.1) is 11.8 Å². The van der Waals surface area contributed by atoms with Crippen LogP contribution in [0.15, 0.2) is 36.4 Å². The van der Waals surface area contributed by atoms with E-state index >= 15 is 0 Å². The predicted octanol–water partition coefficient (Wildman–Crippen LogP) is 2.58. The zero-order valence-electron chi connectivity index (χ0n) is 30.3. The van der Waals surface area contributed by atoms with Crippen molar-refractivity contribution in [3.8, 4) is 23.0 Å². The second kappa shape index (κ2) is 17.9. The molecule has 1 saturated heterocycles. The molecule has 0 unspecified atom stereocenters. The van der Waals surface area contributed by atoms with Crippen LogP contribution in [0.5, 0.6) is 23.0 Å². The molecule has 13 heteroatoms. The zero-order valence-corrected chi connectivity index (χ0v) is 30.3. The number of nitrogens with zero attached hydrogens (tertiary/aromatic N) is 1. The van der Waals surface area contributed by atoms with E-state index in [1.807, 2.05) is 50.8 Å². The standard InChI is InChI=1S/C37H53N5O8/c1-22(2)15-28-37(46)40-29(16-25-9-11-27(47-6)12-10-25)36(45)38-24(5)35(44)41-30(23(3)4)20-42(21-34(43)39-28)19-26-17-32-33(18-31(26)48-7)50-14-8-13-49-32/h9-12,17-18,22-24,28-30H,8,13-16,19-21H2,1-7H3,(H,38,45)(H,39,43)(H,40,46)(H,41,44)/t24-,28+,29+,30-/m1/s1. The predicted molar refractivity (Wildman–Crippen MR) is 188 cm³/mol. The number of hydrogen-bond donors (Lipinski definition) is 4. The van der Waals surface area contributed by atoms with Gasteiger partial charge >= 0.3 is 0 Å². The topological polar surface area (TPSA) is 157 Å². The van der Waals surface area contributed by atoms with E-state index < -0.39 is 29.9 Å². The Morgan fingerprint density at radius 1 is 0.820 bits per heavy atom. The van der Waals surface area contributed by atoms with Crippen molar-refractivity contribution in [2.45, 2.75) is 84.6 Å². The maximum absolute atomic E-state index is 13.8. The summed E-state index contributed by atoms with van der Waals surface area (Å²) in [6, 6.07) is 7.66. The molecule has 13 nitrogen and oxygen atoms in total. The molecule has 0 aromatic heterocycles. The smallest absolute Gasteiger partial charge is 0.243 e. The fraction of sp³-hybridized carbons (Fsp3) is 0.568. The van der Waals surface area contributed by atoms with Gasteiger partial charge < -0.3 is 40.2 Å². The summed E-state index contributed by atoms with van der Waals surface area (Å²) in [7, 11) is 3.14. The minimum absolute atomic E-state index is 0.0199. The lowest BCUT2D eigenvalue weighted by molar-refractivity contribution is -0.133. The SMILES string of the molecule is COc1ccc(C[C@@H]2NC(=O)[C@H](CC(C)C)NC(=O)CN(Cc3cc4c(cc3OC)OCCCO4)C[C@H](C(C)C)NC(=O)[C@@H](C)NC2=O)cc1. The van der Waals surface area contributed by atoms with Crippen molar-refractivity contribution in [1.82, 2.24) is 26.2 Å². The molecule has 0 spiro atoms. The van der Waals surface area contributed by atoms with Crippen molar-refractivity contribution in [2.24, 2.45) is 11.8 Å². The summed E-state index contributed by atoms with van der Waals surface area (Å²) in [6.45, 7) is 11.1. The van der Waals surface area contributed by atoms with Gasteiger partial charge in [0.05, 0.1) is 34.0 Å². The summed E-state index contributed by atoms with van der Waals surface area (Å²) in [6.07, 6.45) is 1.27. The average Bonchev–Trinajstić information content (AvgIpc) is 3.31. The third-order valence-electron chi connectivity index (χ3n) is 8.84. The lowest BCUT2D eigenvalue weighted by Gasteiger charge is -2.31. The molecule has 2 heterocycles. The maximum Gasteiger partial charge on any atom is 0.243 e. The van der Waals surface area contributed by atoms with Crippen molar-refractivity contribution in [2.75, 3.05) is 40.5 Å². The molecule has 0 saturated carbocycles. The average molecular weight is 696 g/mol. The number of nitrogens with one attached hydrogen (secondary N) is 4. The van der Waals surface area contributed by atoms with E-state index in [4.69, 9.17) is 18.9 Å². The van der Waals surface area contributed by atoms with Gasteiger partial charge in [0.1, 0.15) is 29.6 Å². The number of benzene rings is 2. The van der Waals surface area contributed by atoms with Crippen LogP contribution in [0.2, 0.25) is 0 Å². The van der Waals surface area contributed by atoms with Crippen LogP contribution in [0.4, 0.5) is 0 Å². The fourth-order valence-electron chi connectivity index (χ4n) is 5.99. The quantitative estimate of drug-likeness (QED) is 0.310. The molecule has 4 amide bonds. The molecule has 4 rings (SSSR count). The summed E-state index contributed by atoms with van der Waals surface area (Å²) < 4.78 is 22.8. The molecule has 0 radical (unpaired) electrons. The van der Waals surface area contributed by atoms with E-state index in [1.54, 1.807) is 39.3 Å². The highest BCUT2D eigenvalue weighted by atomic mass is 16.5. The highest BCUT2D eigenvalue weighted by molar-refractivity contribution is 5.94. The fourth-order valence-corrected chi connectivity index (χ4v) is 5.99. The number of amides is 4. The van der Waals surface area contributed by atoms with Gasteiger partial charge in [0.25, 0.3) is 0 Å². The number of carbonyl (C=O) groups is 4. The Kier molecular flexibility index (Phi) is 13.7. The molecule has 0 aliphatic carbocycles. The van der Waals surface area contributed by atoms with Crippen LogP contribution in [-0.2, 0) is 32.1 Å². The largest absolute Gasteiger partial charge is 0.497 e. The van der Waals surface area contributed by atoms with Crippen LogP contribution in [0.3, 0.4) is 0 Å². The van der Waals surface area contributed by atoms with Gasteiger partial charge in [-0.25, -0.2) is 0 Å². The monoisotopic (exact) mass is 695 g/mol. The second-order valence-corrected chi connectivity index (χ2v) is 13.8. The number of methoxy groups -OCH3 is 2. The van der Waals surface area contributed by atoms with Crippen molar-refractivity contribution in [3.63, 3.8) is 0 Å². The van der Waals surface area contributed by atoms with Gasteiger partial charge in [-0.3, -0.25) is 24.1 Å². The van der Waals surface area contributed by atoms with E-state index in [2.05, 4.69) is 21.3 Å². The Hall–Kier alpha value is -4.52. The number of fused-ring (bicyclic) bond motifs is 1. The lowest BCUT2D eigenvalue weighted by atomic mass is 10.0. The van der Waals surface area contributed by atoms with Crippen molar-refractivity contribution >= 4 is 23.6 Å². The molecule has 2 aliphatic rings. The molecular weight excluding hydrogens is 642 g/mol. The Bertz CT molecular complexity index is 1480. The maximum atomic E-state index is 13.8. The molecule has 4 N–H and O–H groups in total. The number of ether oxygens (including phenoxy) is 4. The first-order valence-corrected chi connectivity index (χ1v) is 17.4. The number of rotatable bonds is 9. The van der Waals surface area contributed by atoms with E-state index in [-0.39, 0.29) is 49.2 Å². The van der Waals surface area contributed by atoms with E-state index in [1.165, 1.54) is 0 Å². The first-order valence-electron chi connectivity index (χ1n) is 17.4. The molecule has 0 bridgehead atoms. The molecule has 274 valence electrons. The van der Waals surface area contributed by atoms with Crippen LogP contribution in [0.1, 0.15) is 58.6 Å². The van der Waals surface area contributed by atoms with E-state index in [0.717, 1.165) is 17.5 Å². The number of hydrogen-bond acceptors (Lipinski definition) is 9. The number of carbonyl (C=O) groups excluding carboxylic acids is 4. The highest BCUT2D eigenvalue weighted by Gasteiger charge is 2.32. The van der Waals surface area contributed by atoms with Crippen molar-refractivity contribution in [1.29, 1.82) is 0 Å². The van der Waals surface area contributed by atoms with Gasteiger partial charge in [-0.2, -0.15) is 0 Å². The van der Waals surface area contributed by atoms with Crippen LogP contribution >= 0.6 is 0 Å². The molecule has 2 aliphatic heterocycles. The third kappa shape index (κ3) is 10.7. The van der Waals surface area contributed by atoms with Gasteiger partial charge in [0, 0.05) is 43.6 Å². The first kappa shape index (κ1) is 38.3. The van der Waals surface area contributed by atoms with Gasteiger partial charge in [-0.1, -0.05) is 39.8 Å². The van der Waals surface area contributed by atoms with Crippen molar-refractivity contribution in [3.05, 3.63) is 47.5 Å². The molecule has 4 atom stereocenters. The van der Waals surface area contributed by atoms with Crippen LogP contribution in [-0.4, -0.2) is 93.2 Å². The van der Waals surface area contributed by atoms with Crippen LogP contribution < -0.4 is 40.2 Å². The third-order valence-corrected chi connectivity index (χ3v) is 8.84. The summed E-state index contributed by atoms with van der Waals surface area (Å²) in [4.78, 5) is 56.7. The Labute approximate surface area is 295 Å². The first-order chi connectivity index (χ1) is 23.9. The summed E-state index contributed by atoms with van der Waals surface area (Å²) in [5.74, 6) is 0.729. The summed E-state index contributed by atoms with van der Waals surface area (Å²) in [5.41, 5.74) is 1.56. The summed E-state index contributed by atoms with van der Waals surface area (Å²) >= 11 is 0. The minimum Gasteiger partial charge on any atom is -0.497 e. The second-order valence-electron chi connectivity index (χ2n) is 13.8. The van der Waals surface area contributed by atoms with Crippen molar-refractivity contribution < 1.29 is 38.1 Å². The molecular formula is C37H53N5O8.